The van der Waals surface area contributed by atoms with Gasteiger partial charge in [0, 0.05) is 32.0 Å². The molecule has 1 aliphatic rings. The van der Waals surface area contributed by atoms with Gasteiger partial charge in [-0.3, -0.25) is 0 Å². The molecule has 1 saturated heterocycles. The van der Waals surface area contributed by atoms with Gasteiger partial charge in [0.25, 0.3) is 0 Å². The zero-order chi connectivity index (χ0) is 21.4. The molecule has 9 heteroatoms. The highest BCUT2D eigenvalue weighted by Gasteiger charge is 2.28. The molecule has 0 aliphatic carbocycles. The van der Waals surface area contributed by atoms with Crippen LogP contribution in [0.3, 0.4) is 0 Å². The van der Waals surface area contributed by atoms with Crippen LogP contribution in [0, 0.1) is 0 Å². The van der Waals surface area contributed by atoms with E-state index in [1.165, 1.54) is 0 Å². The number of methoxy groups -OCH3 is 1. The first-order chi connectivity index (χ1) is 15.1. The summed E-state index contributed by atoms with van der Waals surface area (Å²) in [6.07, 6.45) is 5.77. The highest BCUT2D eigenvalue weighted by atomic mass is 16.5. The van der Waals surface area contributed by atoms with Crippen LogP contribution in [0.5, 0.6) is 5.88 Å². The van der Waals surface area contributed by atoms with E-state index in [0.29, 0.717) is 36.5 Å². The van der Waals surface area contributed by atoms with E-state index in [1.807, 2.05) is 25.1 Å². The maximum absolute atomic E-state index is 6.19. The van der Waals surface area contributed by atoms with Crippen molar-refractivity contribution in [1.82, 2.24) is 19.6 Å². The quantitative estimate of drug-likeness (QED) is 0.485. The van der Waals surface area contributed by atoms with Crippen molar-refractivity contribution in [3.63, 3.8) is 0 Å². The summed E-state index contributed by atoms with van der Waals surface area (Å²) in [5.74, 6) is 2.09. The molecule has 0 saturated carbocycles. The smallest absolute Gasteiger partial charge is 0.231 e. The van der Waals surface area contributed by atoms with Crippen LogP contribution in [0.15, 0.2) is 41.1 Å². The lowest BCUT2D eigenvalue weighted by molar-refractivity contribution is 0.180. The molecule has 1 fully saturated rings. The molecule has 5 heterocycles. The van der Waals surface area contributed by atoms with Gasteiger partial charge in [-0.2, -0.15) is 0 Å². The molecule has 0 aromatic carbocycles. The van der Waals surface area contributed by atoms with E-state index in [1.54, 1.807) is 30.1 Å². The van der Waals surface area contributed by atoms with E-state index in [2.05, 4.69) is 20.0 Å². The highest BCUT2D eigenvalue weighted by molar-refractivity contribution is 5.92. The van der Waals surface area contributed by atoms with Crippen LogP contribution in [0.25, 0.3) is 28.1 Å². The van der Waals surface area contributed by atoms with Crippen LogP contribution in [-0.2, 0) is 4.74 Å². The molecule has 0 amide bonds. The summed E-state index contributed by atoms with van der Waals surface area (Å²) in [4.78, 5) is 11.4. The van der Waals surface area contributed by atoms with Gasteiger partial charge in [0.15, 0.2) is 11.4 Å². The summed E-state index contributed by atoms with van der Waals surface area (Å²) in [7, 11) is 1.74. The number of hydrogen-bond donors (Lipinski definition) is 1. The number of aromatic nitrogens is 4. The van der Waals surface area contributed by atoms with E-state index in [4.69, 9.17) is 19.6 Å². The maximum atomic E-state index is 6.19. The molecular formula is C22H26N6O3. The Morgan fingerprint density at radius 3 is 3.03 bits per heavy atom. The van der Waals surface area contributed by atoms with Crippen molar-refractivity contribution in [2.45, 2.75) is 31.8 Å². The molecule has 0 bridgehead atoms. The van der Waals surface area contributed by atoms with Crippen molar-refractivity contribution in [2.24, 2.45) is 5.73 Å². The van der Waals surface area contributed by atoms with Crippen LogP contribution in [-0.4, -0.2) is 58.5 Å². The summed E-state index contributed by atoms with van der Waals surface area (Å²) >= 11 is 0. The van der Waals surface area contributed by atoms with Crippen LogP contribution in [0.1, 0.15) is 19.8 Å². The van der Waals surface area contributed by atoms with Crippen LogP contribution >= 0.6 is 0 Å². The second kappa shape index (κ2) is 8.16. The summed E-state index contributed by atoms with van der Waals surface area (Å²) < 4.78 is 19.0. The second-order valence-corrected chi connectivity index (χ2v) is 7.98. The van der Waals surface area contributed by atoms with Gasteiger partial charge in [0.2, 0.25) is 5.88 Å². The van der Waals surface area contributed by atoms with Crippen LogP contribution < -0.4 is 15.4 Å². The summed E-state index contributed by atoms with van der Waals surface area (Å²) in [5.41, 5.74) is 8.03. The molecule has 31 heavy (non-hydrogen) atoms. The van der Waals surface area contributed by atoms with Crippen molar-refractivity contribution in [2.75, 3.05) is 31.8 Å². The Morgan fingerprint density at radius 2 is 2.19 bits per heavy atom. The van der Waals surface area contributed by atoms with Gasteiger partial charge >= 0.3 is 0 Å². The van der Waals surface area contributed by atoms with Crippen molar-refractivity contribution in [3.8, 4) is 17.3 Å². The van der Waals surface area contributed by atoms with Crippen molar-refractivity contribution in [3.05, 3.63) is 36.7 Å². The van der Waals surface area contributed by atoms with Gasteiger partial charge in [0.1, 0.15) is 23.7 Å². The zero-order valence-corrected chi connectivity index (χ0v) is 17.7. The number of ether oxygens (including phenoxy) is 2. The fraction of sp³-hybridized carbons (Fsp3) is 0.409. The van der Waals surface area contributed by atoms with Gasteiger partial charge in [-0.25, -0.2) is 14.5 Å². The third kappa shape index (κ3) is 3.70. The molecule has 0 unspecified atom stereocenters. The Hall–Kier alpha value is -3.17. The van der Waals surface area contributed by atoms with Gasteiger partial charge in [-0.15, -0.1) is 5.10 Å². The van der Waals surface area contributed by atoms with Gasteiger partial charge in [-0.1, -0.05) is 0 Å². The Labute approximate surface area is 179 Å². The number of fused-ring (bicyclic) bond motifs is 2. The number of pyridine rings is 1. The second-order valence-electron chi connectivity index (χ2n) is 7.98. The Balaban J connectivity index is 1.54. The molecule has 4 aromatic heterocycles. The Kier molecular flexibility index (Phi) is 5.21. The lowest BCUT2D eigenvalue weighted by Crippen LogP contribution is -2.33. The third-order valence-electron chi connectivity index (χ3n) is 5.52. The summed E-state index contributed by atoms with van der Waals surface area (Å²) in [6.45, 7) is 3.92. The lowest BCUT2D eigenvalue weighted by Gasteiger charge is -2.25. The van der Waals surface area contributed by atoms with E-state index in [9.17, 15) is 0 Å². The fourth-order valence-corrected chi connectivity index (χ4v) is 4.10. The lowest BCUT2D eigenvalue weighted by atomic mass is 10.2. The molecule has 162 valence electrons. The van der Waals surface area contributed by atoms with Crippen molar-refractivity contribution >= 4 is 22.4 Å². The molecular weight excluding hydrogens is 396 g/mol. The summed E-state index contributed by atoms with van der Waals surface area (Å²) in [6, 6.07) is 7.80. The molecule has 9 nitrogen and oxygen atoms in total. The van der Waals surface area contributed by atoms with Crippen LogP contribution in [0.2, 0.25) is 0 Å². The molecule has 0 radical (unpaired) electrons. The predicted molar refractivity (Wildman–Crippen MR) is 117 cm³/mol. The molecule has 2 N–H and O–H groups in total. The molecule has 5 rings (SSSR count). The first kappa shape index (κ1) is 19.8. The minimum absolute atomic E-state index is 0.0754. The molecule has 1 aliphatic heterocycles. The average molecular weight is 422 g/mol. The van der Waals surface area contributed by atoms with Crippen LogP contribution in [0.4, 0.5) is 5.82 Å². The monoisotopic (exact) mass is 422 g/mol. The average Bonchev–Trinajstić information content (AvgIpc) is 3.49. The number of hydrogen-bond acceptors (Lipinski definition) is 8. The zero-order valence-electron chi connectivity index (χ0n) is 17.7. The highest BCUT2D eigenvalue weighted by Crippen LogP contribution is 2.35. The minimum atomic E-state index is -0.0754. The number of imidazole rings is 1. The van der Waals surface area contributed by atoms with E-state index < -0.39 is 0 Å². The maximum Gasteiger partial charge on any atom is 0.231 e. The Morgan fingerprint density at radius 1 is 1.29 bits per heavy atom. The normalized spacial score (nSPS) is 17.6. The first-order valence-corrected chi connectivity index (χ1v) is 10.5. The largest absolute Gasteiger partial charge is 0.475 e. The van der Waals surface area contributed by atoms with Gasteiger partial charge < -0.3 is 24.5 Å². The predicted octanol–water partition coefficient (Wildman–Crippen LogP) is 2.88. The standard InChI is InChI=1S/C22H26N6O3/c1-14(23)12-30-21-6-5-20-25-11-17(28(20)26-21)19-10-16-18(31-19)7-8-24-22(16)27-9-3-4-15(27)13-29-2/h5-8,10-11,14-15H,3-4,9,12-13,23H2,1-2H3/t14-,15-/m0/s1. The number of furan rings is 1. The molecule has 4 aromatic rings. The van der Waals surface area contributed by atoms with E-state index in [0.717, 1.165) is 41.9 Å². The van der Waals surface area contributed by atoms with Gasteiger partial charge in [0.05, 0.1) is 24.2 Å². The Bertz CT molecular complexity index is 1200. The number of anilines is 1. The topological polar surface area (TPSA) is 104 Å². The molecule has 0 spiro atoms. The first-order valence-electron chi connectivity index (χ1n) is 10.5. The molecule has 2 atom stereocenters. The van der Waals surface area contributed by atoms with Crippen molar-refractivity contribution < 1.29 is 13.9 Å². The number of nitrogens with zero attached hydrogens (tertiary/aromatic N) is 5. The fourth-order valence-electron chi connectivity index (χ4n) is 4.10. The van der Waals surface area contributed by atoms with Gasteiger partial charge in [-0.05, 0) is 38.0 Å². The van der Waals surface area contributed by atoms with E-state index >= 15 is 0 Å². The van der Waals surface area contributed by atoms with E-state index in [-0.39, 0.29) is 6.04 Å². The SMILES string of the molecule is COC[C@@H]1CCCN1c1nccc2oc(-c3cnc4ccc(OC[C@H](C)N)nn34)cc12. The number of rotatable bonds is 7. The number of nitrogens with two attached hydrogens (primary N) is 1. The third-order valence-corrected chi connectivity index (χ3v) is 5.52. The van der Waals surface area contributed by atoms with Crippen molar-refractivity contribution in [1.29, 1.82) is 0 Å². The summed E-state index contributed by atoms with van der Waals surface area (Å²) in [5, 5.41) is 5.54. The minimum Gasteiger partial charge on any atom is -0.475 e.